The van der Waals surface area contributed by atoms with Crippen LogP contribution in [0.4, 0.5) is 0 Å². The number of carboxylic acid groups (broad SMARTS) is 1. The number of rotatable bonds is 1. The van der Waals surface area contributed by atoms with E-state index in [-0.39, 0.29) is 11.4 Å². The molecule has 0 aliphatic carbocycles. The van der Waals surface area contributed by atoms with Gasteiger partial charge in [-0.2, -0.15) is 0 Å². The Balaban J connectivity index is 2.71. The van der Waals surface area contributed by atoms with Crippen molar-refractivity contribution in [1.29, 1.82) is 0 Å². The summed E-state index contributed by atoms with van der Waals surface area (Å²) < 4.78 is 3.47. The van der Waals surface area contributed by atoms with E-state index in [1.54, 1.807) is 0 Å². The number of fused-ring (bicyclic) bond motifs is 1. The van der Waals surface area contributed by atoms with Gasteiger partial charge in [-0.25, -0.2) is 4.79 Å². The molecule has 0 aromatic rings. The fourth-order valence-corrected chi connectivity index (χ4v) is 1.20. The molecule has 0 bridgehead atoms. The highest BCUT2D eigenvalue weighted by molar-refractivity contribution is 7.08. The third kappa shape index (κ3) is 0.889. The summed E-state index contributed by atoms with van der Waals surface area (Å²) >= 11 is 0.955. The molecule has 0 saturated carbocycles. The highest BCUT2D eigenvalue weighted by Crippen LogP contribution is 2.20. The summed E-state index contributed by atoms with van der Waals surface area (Å²) in [6.45, 7) is 0. The molecule has 2 heterocycles. The highest BCUT2D eigenvalue weighted by atomic mass is 32.1. The Morgan fingerprint density at radius 1 is 1.33 bits per heavy atom. The summed E-state index contributed by atoms with van der Waals surface area (Å²) in [6.07, 6.45) is 0. The molecule has 1 N–H and O–H groups in total. The first-order valence-corrected chi connectivity index (χ1v) is 3.61. The second-order valence-corrected chi connectivity index (χ2v) is 2.60. The van der Waals surface area contributed by atoms with Gasteiger partial charge >= 0.3 is 5.97 Å². The summed E-state index contributed by atoms with van der Waals surface area (Å²) in [5.41, 5.74) is -0.0312. The Bertz CT molecular complexity index is 400. The molecule has 2 rings (SSSR count). The van der Waals surface area contributed by atoms with Crippen molar-refractivity contribution in [2.75, 3.05) is 0 Å². The van der Waals surface area contributed by atoms with Gasteiger partial charge in [0.15, 0.2) is 10.7 Å². The zero-order valence-corrected chi connectivity index (χ0v) is 6.32. The number of carboxylic acids is 1. The minimum atomic E-state index is -1.18. The van der Waals surface area contributed by atoms with Crippen LogP contribution in [0.15, 0.2) is 0 Å². The maximum Gasteiger partial charge on any atom is 0.358 e. The Hall–Kier alpha value is -1.70. The molecule has 60 valence electrons. The Morgan fingerprint density at radius 2 is 2.17 bits per heavy atom. The number of hydrogen-bond donors (Lipinski definition) is 1. The van der Waals surface area contributed by atoms with Crippen molar-refractivity contribution < 1.29 is 9.90 Å². The first-order valence-electron chi connectivity index (χ1n) is 2.84. The minimum Gasteiger partial charge on any atom is -0.476 e. The summed E-state index contributed by atoms with van der Waals surface area (Å²) in [7, 11) is 0. The fraction of sp³-hybridized carbons (Fsp3) is 0. The van der Waals surface area contributed by atoms with Crippen molar-refractivity contribution in [3.05, 3.63) is 5.69 Å². The molecule has 0 radical (unpaired) electrons. The van der Waals surface area contributed by atoms with Crippen molar-refractivity contribution >= 4 is 17.5 Å². The number of hydrogen-bond acceptors (Lipinski definition) is 7. The molecule has 0 aromatic heterocycles. The zero-order valence-electron chi connectivity index (χ0n) is 5.50. The molecule has 12 heavy (non-hydrogen) atoms. The zero-order chi connectivity index (χ0) is 8.55. The number of carbonyl (C=O) groups is 1. The lowest BCUT2D eigenvalue weighted by Gasteiger charge is -1.93. The number of aromatic carboxylic acids is 1. The smallest absolute Gasteiger partial charge is 0.358 e. The van der Waals surface area contributed by atoms with Crippen LogP contribution in [0.25, 0.3) is 10.7 Å². The molecule has 7 nitrogen and oxygen atoms in total. The lowest BCUT2D eigenvalue weighted by atomic mass is 10.3. The van der Waals surface area contributed by atoms with E-state index in [1.165, 1.54) is 0 Å². The van der Waals surface area contributed by atoms with Crippen LogP contribution in [0, 0.1) is 0 Å². The molecule has 0 fully saturated rings. The van der Waals surface area contributed by atoms with Crippen LogP contribution < -0.4 is 0 Å². The van der Waals surface area contributed by atoms with E-state index in [1.807, 2.05) is 0 Å². The molecule has 0 amide bonds. The van der Waals surface area contributed by atoms with Gasteiger partial charge in [-0.1, -0.05) is 4.49 Å². The van der Waals surface area contributed by atoms with Crippen molar-refractivity contribution in [1.82, 2.24) is 25.0 Å². The maximum absolute atomic E-state index is 10.5. The van der Waals surface area contributed by atoms with E-state index < -0.39 is 5.97 Å². The molecular weight excluding hydrogens is 182 g/mol. The second-order valence-electron chi connectivity index (χ2n) is 1.87. The molecule has 8 heteroatoms. The van der Waals surface area contributed by atoms with Gasteiger partial charge in [0, 0.05) is 11.5 Å². The van der Waals surface area contributed by atoms with Crippen molar-refractivity contribution in [2.45, 2.75) is 0 Å². The fourth-order valence-electron chi connectivity index (χ4n) is 0.699. The van der Waals surface area contributed by atoms with Crippen LogP contribution >= 0.6 is 11.5 Å². The number of aromatic nitrogens is 5. The summed E-state index contributed by atoms with van der Waals surface area (Å²) in [6, 6.07) is 0. The van der Waals surface area contributed by atoms with E-state index >= 15 is 0 Å². The lowest BCUT2D eigenvalue weighted by molar-refractivity contribution is 0.0690. The average Bonchev–Trinajstić information content (AvgIpc) is 2.49. The van der Waals surface area contributed by atoms with Crippen LogP contribution in [0.5, 0.6) is 0 Å². The third-order valence-electron chi connectivity index (χ3n) is 1.18. The van der Waals surface area contributed by atoms with E-state index in [4.69, 9.17) is 5.11 Å². The van der Waals surface area contributed by atoms with Crippen LogP contribution in [-0.4, -0.2) is 36.1 Å². The normalized spacial score (nSPS) is 10.3. The molecule has 0 unspecified atom stereocenters. The van der Waals surface area contributed by atoms with E-state index in [0.29, 0.717) is 5.01 Å². The first-order chi connectivity index (χ1) is 5.79. The average molecular weight is 183 g/mol. The third-order valence-corrected chi connectivity index (χ3v) is 1.79. The van der Waals surface area contributed by atoms with Crippen molar-refractivity contribution in [2.24, 2.45) is 0 Å². The van der Waals surface area contributed by atoms with Gasteiger partial charge < -0.3 is 5.11 Å². The SMILES string of the molecule is O=C(O)c1nnsc2nnnc1-2. The van der Waals surface area contributed by atoms with E-state index in [9.17, 15) is 4.79 Å². The van der Waals surface area contributed by atoms with Gasteiger partial charge in [-0.3, -0.25) is 0 Å². The van der Waals surface area contributed by atoms with Gasteiger partial charge in [-0.15, -0.1) is 15.3 Å². The summed E-state index contributed by atoms with van der Waals surface area (Å²) in [4.78, 5) is 10.5. The molecule has 0 spiro atoms. The van der Waals surface area contributed by atoms with Gasteiger partial charge in [-0.05, 0) is 5.21 Å². The molecule has 2 aliphatic rings. The first kappa shape index (κ1) is 6.98. The molecule has 0 aromatic carbocycles. The molecule has 0 atom stereocenters. The lowest BCUT2D eigenvalue weighted by Crippen LogP contribution is -2.04. The predicted molar refractivity (Wildman–Crippen MR) is 36.9 cm³/mol. The maximum atomic E-state index is 10.5. The van der Waals surface area contributed by atoms with E-state index in [0.717, 1.165) is 11.5 Å². The second kappa shape index (κ2) is 2.41. The Kier molecular flexibility index (Phi) is 1.40. The topological polar surface area (TPSA) is 102 Å². The van der Waals surface area contributed by atoms with Crippen molar-refractivity contribution in [3.8, 4) is 10.7 Å². The summed E-state index contributed by atoms with van der Waals surface area (Å²) in [5, 5.41) is 22.8. The molecule has 2 aliphatic heterocycles. The predicted octanol–water partition coefficient (Wildman–Crippen LogP) is -0.474. The van der Waals surface area contributed by atoms with Crippen LogP contribution in [0.2, 0.25) is 0 Å². The molecular formula is C4HN5O2S. The van der Waals surface area contributed by atoms with Crippen LogP contribution in [0.1, 0.15) is 10.5 Å². The van der Waals surface area contributed by atoms with Gasteiger partial charge in [0.25, 0.3) is 0 Å². The van der Waals surface area contributed by atoms with Gasteiger partial charge in [0.05, 0.1) is 0 Å². The Labute approximate surface area is 69.6 Å². The highest BCUT2D eigenvalue weighted by Gasteiger charge is 2.20. The van der Waals surface area contributed by atoms with E-state index in [2.05, 4.69) is 25.0 Å². The van der Waals surface area contributed by atoms with Crippen LogP contribution in [0.3, 0.4) is 0 Å². The van der Waals surface area contributed by atoms with Gasteiger partial charge in [0.1, 0.15) is 0 Å². The molecule has 0 saturated heterocycles. The Morgan fingerprint density at radius 3 is 2.92 bits per heavy atom. The summed E-state index contributed by atoms with van der Waals surface area (Å²) in [5.74, 6) is -1.18. The largest absolute Gasteiger partial charge is 0.476 e. The minimum absolute atomic E-state index is 0.183. The van der Waals surface area contributed by atoms with Gasteiger partial charge in [0.2, 0.25) is 5.69 Å². The van der Waals surface area contributed by atoms with Crippen molar-refractivity contribution in [3.63, 3.8) is 0 Å². The number of nitrogens with zero attached hydrogens (tertiary/aromatic N) is 5. The standard InChI is InChI=1S/C4HN5O2S/c10-4(11)2-1-3(7-8-5-1)12-9-6-2/h(H,10,11). The quantitative estimate of drug-likeness (QED) is 0.637. The van der Waals surface area contributed by atoms with Crippen LogP contribution in [-0.2, 0) is 0 Å². The monoisotopic (exact) mass is 183 g/mol.